The fourth-order valence-corrected chi connectivity index (χ4v) is 3.04. The molecule has 1 fully saturated rings. The third kappa shape index (κ3) is 6.06. The van der Waals surface area contributed by atoms with Gasteiger partial charge in [-0.15, -0.1) is 0 Å². The average molecular weight is 370 g/mol. The Balaban J connectivity index is 1.85. The second kappa shape index (κ2) is 9.27. The normalized spacial score (nSPS) is 18.2. The van der Waals surface area contributed by atoms with E-state index >= 15 is 0 Å². The number of anilines is 1. The number of urea groups is 1. The van der Waals surface area contributed by atoms with Crippen LogP contribution in [-0.2, 0) is 4.74 Å². The second-order valence-electron chi connectivity index (χ2n) is 6.78. The lowest BCUT2D eigenvalue weighted by Gasteiger charge is -2.33. The maximum Gasteiger partial charge on any atom is 0.319 e. The molecule has 0 radical (unpaired) electrons. The summed E-state index contributed by atoms with van der Waals surface area (Å²) in [6.45, 7) is 10.3. The number of ether oxygens (including phenoxy) is 2. The molecule has 0 spiro atoms. The zero-order valence-electron chi connectivity index (χ0n) is 15.4. The number of carbonyl (C=O) groups is 1. The van der Waals surface area contributed by atoms with Gasteiger partial charge in [-0.3, -0.25) is 4.90 Å². The quantitative estimate of drug-likeness (QED) is 0.808. The van der Waals surface area contributed by atoms with Crippen LogP contribution in [0.1, 0.15) is 19.4 Å². The number of hydrogen-bond acceptors (Lipinski definition) is 4. The molecule has 2 rings (SSSR count). The van der Waals surface area contributed by atoms with E-state index in [4.69, 9.17) is 21.1 Å². The van der Waals surface area contributed by atoms with Crippen LogP contribution in [0.5, 0.6) is 5.75 Å². The number of methoxy groups -OCH3 is 1. The van der Waals surface area contributed by atoms with Crippen LogP contribution < -0.4 is 15.4 Å². The molecule has 0 bridgehead atoms. The number of amides is 2. The highest BCUT2D eigenvalue weighted by Crippen LogP contribution is 2.30. The van der Waals surface area contributed by atoms with Crippen molar-refractivity contribution >= 4 is 23.3 Å². The summed E-state index contributed by atoms with van der Waals surface area (Å²) in [5.41, 5.74) is 1.46. The molecule has 2 N–H and O–H groups in total. The summed E-state index contributed by atoms with van der Waals surface area (Å²) in [6, 6.07) is 3.20. The first-order valence-corrected chi connectivity index (χ1v) is 8.99. The third-order valence-electron chi connectivity index (χ3n) is 4.07. The van der Waals surface area contributed by atoms with Crippen molar-refractivity contribution in [3.63, 3.8) is 0 Å². The summed E-state index contributed by atoms with van der Waals surface area (Å²) in [5.74, 6) is 1.15. The van der Waals surface area contributed by atoms with E-state index in [0.29, 0.717) is 35.5 Å². The van der Waals surface area contributed by atoms with Crippen molar-refractivity contribution in [2.45, 2.75) is 26.9 Å². The summed E-state index contributed by atoms with van der Waals surface area (Å²) in [6.07, 6.45) is 0.00657. The molecule has 25 heavy (non-hydrogen) atoms. The molecule has 2 amide bonds. The Morgan fingerprint density at radius 1 is 1.48 bits per heavy atom. The number of rotatable bonds is 6. The number of halogens is 1. The van der Waals surface area contributed by atoms with Gasteiger partial charge in [-0.25, -0.2) is 4.79 Å². The zero-order valence-corrected chi connectivity index (χ0v) is 16.2. The Kier molecular flexibility index (Phi) is 7.35. The van der Waals surface area contributed by atoms with Crippen LogP contribution in [0.3, 0.4) is 0 Å². The number of hydrogen-bond donors (Lipinski definition) is 2. The molecule has 1 aliphatic rings. The maximum atomic E-state index is 12.2. The van der Waals surface area contributed by atoms with E-state index in [1.165, 1.54) is 0 Å². The molecule has 6 nitrogen and oxygen atoms in total. The molecule has 0 aliphatic carbocycles. The summed E-state index contributed by atoms with van der Waals surface area (Å²) < 4.78 is 11.0. The van der Waals surface area contributed by atoms with Gasteiger partial charge in [0.2, 0.25) is 0 Å². The Hall–Kier alpha value is -1.50. The molecule has 1 aromatic carbocycles. The van der Waals surface area contributed by atoms with Crippen LogP contribution in [0, 0.1) is 12.8 Å². The predicted molar refractivity (Wildman–Crippen MR) is 101 cm³/mol. The smallest absolute Gasteiger partial charge is 0.319 e. The molecule has 0 aromatic heterocycles. The van der Waals surface area contributed by atoms with Crippen LogP contribution in [0.2, 0.25) is 5.02 Å². The molecule has 0 saturated carbocycles. The second-order valence-corrected chi connectivity index (χ2v) is 7.19. The van der Waals surface area contributed by atoms with Crippen molar-refractivity contribution in [2.24, 2.45) is 5.92 Å². The minimum atomic E-state index is -0.287. The van der Waals surface area contributed by atoms with Gasteiger partial charge in [-0.2, -0.15) is 0 Å². The van der Waals surface area contributed by atoms with Gasteiger partial charge in [0.15, 0.2) is 0 Å². The molecular weight excluding hydrogens is 342 g/mol. The minimum absolute atomic E-state index is 0.00657. The first-order valence-electron chi connectivity index (χ1n) is 8.62. The van der Waals surface area contributed by atoms with E-state index < -0.39 is 0 Å². The third-order valence-corrected chi connectivity index (χ3v) is 4.47. The van der Waals surface area contributed by atoms with Crippen molar-refractivity contribution < 1.29 is 14.3 Å². The van der Waals surface area contributed by atoms with Gasteiger partial charge in [0, 0.05) is 37.3 Å². The van der Waals surface area contributed by atoms with E-state index in [2.05, 4.69) is 29.4 Å². The Bertz CT molecular complexity index is 595. The number of benzene rings is 1. The summed E-state index contributed by atoms with van der Waals surface area (Å²) in [5, 5.41) is 6.28. The molecule has 1 heterocycles. The Morgan fingerprint density at radius 2 is 2.24 bits per heavy atom. The monoisotopic (exact) mass is 369 g/mol. The fourth-order valence-electron chi connectivity index (χ4n) is 2.89. The molecule has 1 aromatic rings. The largest absolute Gasteiger partial charge is 0.495 e. The molecule has 1 atom stereocenters. The van der Waals surface area contributed by atoms with E-state index in [1.807, 2.05) is 6.92 Å². The Labute approximate surface area is 154 Å². The minimum Gasteiger partial charge on any atom is -0.495 e. The van der Waals surface area contributed by atoms with Gasteiger partial charge >= 0.3 is 6.03 Å². The number of nitrogens with one attached hydrogen (secondary N) is 2. The van der Waals surface area contributed by atoms with Crippen LogP contribution in [-0.4, -0.2) is 56.9 Å². The van der Waals surface area contributed by atoms with Crippen molar-refractivity contribution in [3.8, 4) is 5.75 Å². The standard InChI is InChI=1S/C18H28ClN3O3/c1-12(2)10-22-5-6-25-14(11-22)9-20-18(23)21-16-7-13(3)15(19)8-17(16)24-4/h7-8,12,14H,5-6,9-11H2,1-4H3,(H2,20,21,23)/t14-/m1/s1. The lowest BCUT2D eigenvalue weighted by molar-refractivity contribution is -0.0288. The number of carbonyl (C=O) groups excluding carboxylic acids is 1. The van der Waals surface area contributed by atoms with Gasteiger partial charge in [0.05, 0.1) is 25.5 Å². The van der Waals surface area contributed by atoms with Gasteiger partial charge in [0.25, 0.3) is 0 Å². The van der Waals surface area contributed by atoms with Crippen molar-refractivity contribution in [3.05, 3.63) is 22.7 Å². The van der Waals surface area contributed by atoms with Gasteiger partial charge < -0.3 is 20.1 Å². The van der Waals surface area contributed by atoms with Crippen LogP contribution in [0.15, 0.2) is 12.1 Å². The highest BCUT2D eigenvalue weighted by atomic mass is 35.5. The van der Waals surface area contributed by atoms with Crippen molar-refractivity contribution in [2.75, 3.05) is 45.2 Å². The summed E-state index contributed by atoms with van der Waals surface area (Å²) >= 11 is 6.08. The number of aryl methyl sites for hydroxylation is 1. The average Bonchev–Trinajstić information content (AvgIpc) is 2.56. The lowest BCUT2D eigenvalue weighted by atomic mass is 10.2. The number of nitrogens with zero attached hydrogens (tertiary/aromatic N) is 1. The molecular formula is C18H28ClN3O3. The topological polar surface area (TPSA) is 62.8 Å². The first-order chi connectivity index (χ1) is 11.9. The summed E-state index contributed by atoms with van der Waals surface area (Å²) in [4.78, 5) is 14.6. The zero-order chi connectivity index (χ0) is 18.4. The van der Waals surface area contributed by atoms with Crippen molar-refractivity contribution in [1.82, 2.24) is 10.2 Å². The Morgan fingerprint density at radius 3 is 2.92 bits per heavy atom. The van der Waals surface area contributed by atoms with E-state index in [1.54, 1.807) is 19.2 Å². The predicted octanol–water partition coefficient (Wildman–Crippen LogP) is 3.14. The molecule has 0 unspecified atom stereocenters. The SMILES string of the molecule is COc1cc(Cl)c(C)cc1NC(=O)NC[C@@H]1CN(CC(C)C)CCO1. The van der Waals surface area contributed by atoms with E-state index in [-0.39, 0.29) is 12.1 Å². The molecule has 7 heteroatoms. The van der Waals surface area contributed by atoms with Gasteiger partial charge in [-0.05, 0) is 24.5 Å². The van der Waals surface area contributed by atoms with Crippen molar-refractivity contribution in [1.29, 1.82) is 0 Å². The van der Waals surface area contributed by atoms with Crippen LogP contribution in [0.25, 0.3) is 0 Å². The lowest BCUT2D eigenvalue weighted by Crippen LogP contribution is -2.48. The molecule has 1 aliphatic heterocycles. The van der Waals surface area contributed by atoms with Crippen LogP contribution in [0.4, 0.5) is 10.5 Å². The van der Waals surface area contributed by atoms with Gasteiger partial charge in [0.1, 0.15) is 5.75 Å². The molecule has 1 saturated heterocycles. The van der Waals surface area contributed by atoms with E-state index in [0.717, 1.165) is 25.2 Å². The van der Waals surface area contributed by atoms with Crippen LogP contribution >= 0.6 is 11.6 Å². The first kappa shape index (κ1) is 19.8. The highest BCUT2D eigenvalue weighted by Gasteiger charge is 2.21. The number of morpholine rings is 1. The van der Waals surface area contributed by atoms with Gasteiger partial charge in [-0.1, -0.05) is 25.4 Å². The highest BCUT2D eigenvalue weighted by molar-refractivity contribution is 6.31. The fraction of sp³-hybridized carbons (Fsp3) is 0.611. The summed E-state index contributed by atoms with van der Waals surface area (Å²) in [7, 11) is 1.54. The van der Waals surface area contributed by atoms with E-state index in [9.17, 15) is 4.79 Å². The maximum absolute atomic E-state index is 12.2. The molecule has 140 valence electrons.